The van der Waals surface area contributed by atoms with Crippen molar-refractivity contribution in [1.82, 2.24) is 0 Å². The molecular formula is C14H18BrNOS. The molecular weight excluding hydrogens is 310 g/mol. The second-order valence-electron chi connectivity index (χ2n) is 4.77. The molecule has 1 aliphatic rings. The number of thioether (sulfide) groups is 1. The van der Waals surface area contributed by atoms with E-state index in [1.165, 1.54) is 24.3 Å². The summed E-state index contributed by atoms with van der Waals surface area (Å²) >= 11 is 5.46. The largest absolute Gasteiger partial charge is 0.326 e. The Morgan fingerprint density at radius 1 is 1.44 bits per heavy atom. The van der Waals surface area contributed by atoms with Crippen molar-refractivity contribution in [2.24, 2.45) is 5.92 Å². The second-order valence-corrected chi connectivity index (χ2v) is 6.85. The molecule has 0 aliphatic carbocycles. The zero-order valence-corrected chi connectivity index (χ0v) is 12.9. The highest BCUT2D eigenvalue weighted by Crippen LogP contribution is 2.26. The Balaban J connectivity index is 1.88. The molecule has 1 heterocycles. The first-order valence-electron chi connectivity index (χ1n) is 6.29. The van der Waals surface area contributed by atoms with Gasteiger partial charge >= 0.3 is 0 Å². The van der Waals surface area contributed by atoms with Crippen LogP contribution in [0.2, 0.25) is 0 Å². The Morgan fingerprint density at radius 3 is 2.83 bits per heavy atom. The number of halogens is 1. The molecule has 1 saturated heterocycles. The molecule has 1 aromatic carbocycles. The third kappa shape index (κ3) is 4.02. The SMILES string of the molecule is Cc1cc(NC(=O)CC2CCSCC2)ccc1Br. The molecule has 0 spiro atoms. The van der Waals surface area contributed by atoms with Gasteiger partial charge in [0.05, 0.1) is 0 Å². The number of hydrogen-bond acceptors (Lipinski definition) is 2. The maximum Gasteiger partial charge on any atom is 0.224 e. The van der Waals surface area contributed by atoms with E-state index < -0.39 is 0 Å². The van der Waals surface area contributed by atoms with Gasteiger partial charge in [0.25, 0.3) is 0 Å². The molecule has 2 rings (SSSR count). The van der Waals surface area contributed by atoms with E-state index in [0.29, 0.717) is 12.3 Å². The summed E-state index contributed by atoms with van der Waals surface area (Å²) in [5.74, 6) is 3.13. The number of carbonyl (C=O) groups excluding carboxylic acids is 1. The molecule has 0 radical (unpaired) electrons. The lowest BCUT2D eigenvalue weighted by molar-refractivity contribution is -0.117. The van der Waals surface area contributed by atoms with Crippen LogP contribution < -0.4 is 5.32 Å². The van der Waals surface area contributed by atoms with Crippen LogP contribution in [-0.4, -0.2) is 17.4 Å². The van der Waals surface area contributed by atoms with Gasteiger partial charge < -0.3 is 5.32 Å². The van der Waals surface area contributed by atoms with Crippen LogP contribution in [0, 0.1) is 12.8 Å². The fourth-order valence-electron chi connectivity index (χ4n) is 2.15. The molecule has 1 N–H and O–H groups in total. The van der Waals surface area contributed by atoms with Crippen LogP contribution in [0.4, 0.5) is 5.69 Å². The van der Waals surface area contributed by atoms with Gasteiger partial charge in [0.2, 0.25) is 5.91 Å². The van der Waals surface area contributed by atoms with Gasteiger partial charge in [0.15, 0.2) is 0 Å². The number of nitrogens with one attached hydrogen (secondary N) is 1. The number of benzene rings is 1. The van der Waals surface area contributed by atoms with E-state index in [-0.39, 0.29) is 5.91 Å². The molecule has 0 atom stereocenters. The van der Waals surface area contributed by atoms with Gasteiger partial charge in [-0.25, -0.2) is 0 Å². The standard InChI is InChI=1S/C14H18BrNOS/c1-10-8-12(2-3-13(10)15)16-14(17)9-11-4-6-18-7-5-11/h2-3,8,11H,4-7,9H2,1H3,(H,16,17). The summed E-state index contributed by atoms with van der Waals surface area (Å²) in [6, 6.07) is 5.91. The first-order chi connectivity index (χ1) is 8.65. The van der Waals surface area contributed by atoms with Crippen molar-refractivity contribution in [2.75, 3.05) is 16.8 Å². The summed E-state index contributed by atoms with van der Waals surface area (Å²) in [7, 11) is 0. The van der Waals surface area contributed by atoms with Crippen molar-refractivity contribution in [2.45, 2.75) is 26.2 Å². The van der Waals surface area contributed by atoms with E-state index >= 15 is 0 Å². The molecule has 4 heteroatoms. The van der Waals surface area contributed by atoms with E-state index in [2.05, 4.69) is 21.2 Å². The Hall–Kier alpha value is -0.480. The van der Waals surface area contributed by atoms with Crippen LogP contribution in [0.3, 0.4) is 0 Å². The van der Waals surface area contributed by atoms with Gasteiger partial charge in [0, 0.05) is 16.6 Å². The van der Waals surface area contributed by atoms with E-state index in [1.54, 1.807) is 0 Å². The topological polar surface area (TPSA) is 29.1 Å². The summed E-state index contributed by atoms with van der Waals surface area (Å²) < 4.78 is 1.07. The van der Waals surface area contributed by atoms with Crippen molar-refractivity contribution in [3.05, 3.63) is 28.2 Å². The highest BCUT2D eigenvalue weighted by molar-refractivity contribution is 9.10. The molecule has 2 nitrogen and oxygen atoms in total. The monoisotopic (exact) mass is 327 g/mol. The number of carbonyl (C=O) groups is 1. The average molecular weight is 328 g/mol. The highest BCUT2D eigenvalue weighted by Gasteiger charge is 2.17. The van der Waals surface area contributed by atoms with Gasteiger partial charge in [-0.05, 0) is 61.0 Å². The fourth-order valence-corrected chi connectivity index (χ4v) is 3.60. The molecule has 1 amide bonds. The summed E-state index contributed by atoms with van der Waals surface area (Å²) in [6.07, 6.45) is 3.02. The quantitative estimate of drug-likeness (QED) is 0.900. The fraction of sp³-hybridized carbons (Fsp3) is 0.500. The molecule has 0 unspecified atom stereocenters. The molecule has 0 saturated carbocycles. The Morgan fingerprint density at radius 2 is 2.17 bits per heavy atom. The van der Waals surface area contributed by atoms with Gasteiger partial charge in [-0.15, -0.1) is 0 Å². The first-order valence-corrected chi connectivity index (χ1v) is 8.23. The molecule has 18 heavy (non-hydrogen) atoms. The van der Waals surface area contributed by atoms with Crippen LogP contribution in [0.5, 0.6) is 0 Å². The number of anilines is 1. The lowest BCUT2D eigenvalue weighted by Crippen LogP contribution is -2.19. The Labute approximate surface area is 121 Å². The van der Waals surface area contributed by atoms with E-state index in [1.807, 2.05) is 36.9 Å². The van der Waals surface area contributed by atoms with E-state index in [0.717, 1.165) is 15.7 Å². The summed E-state index contributed by atoms with van der Waals surface area (Å²) in [5.41, 5.74) is 2.03. The zero-order valence-electron chi connectivity index (χ0n) is 10.5. The van der Waals surface area contributed by atoms with Crippen molar-refractivity contribution in [1.29, 1.82) is 0 Å². The molecule has 0 aromatic heterocycles. The van der Waals surface area contributed by atoms with Crippen LogP contribution in [0.1, 0.15) is 24.8 Å². The van der Waals surface area contributed by atoms with Crippen molar-refractivity contribution in [3.8, 4) is 0 Å². The first kappa shape index (κ1) is 13.9. The minimum absolute atomic E-state index is 0.147. The maximum absolute atomic E-state index is 11.9. The predicted molar refractivity (Wildman–Crippen MR) is 82.2 cm³/mol. The van der Waals surface area contributed by atoms with Crippen LogP contribution in [0.15, 0.2) is 22.7 Å². The minimum atomic E-state index is 0.147. The summed E-state index contributed by atoms with van der Waals surface area (Å²) in [4.78, 5) is 11.9. The number of amides is 1. The normalized spacial score (nSPS) is 16.6. The zero-order chi connectivity index (χ0) is 13.0. The van der Waals surface area contributed by atoms with E-state index in [9.17, 15) is 4.79 Å². The third-order valence-electron chi connectivity index (χ3n) is 3.26. The molecule has 1 aromatic rings. The number of rotatable bonds is 3. The van der Waals surface area contributed by atoms with Crippen LogP contribution in [-0.2, 0) is 4.79 Å². The van der Waals surface area contributed by atoms with Gasteiger partial charge in [-0.3, -0.25) is 4.79 Å². The number of aryl methyl sites for hydroxylation is 1. The molecule has 98 valence electrons. The highest BCUT2D eigenvalue weighted by atomic mass is 79.9. The maximum atomic E-state index is 11.9. The van der Waals surface area contributed by atoms with Crippen LogP contribution >= 0.6 is 27.7 Å². The lowest BCUT2D eigenvalue weighted by Gasteiger charge is -2.20. The smallest absolute Gasteiger partial charge is 0.224 e. The Bertz CT molecular complexity index is 430. The Kier molecular flexibility index (Phi) is 5.13. The third-order valence-corrected chi connectivity index (χ3v) is 5.20. The summed E-state index contributed by atoms with van der Waals surface area (Å²) in [6.45, 7) is 2.03. The predicted octanol–water partition coefficient (Wildman–Crippen LogP) is 4.23. The average Bonchev–Trinajstić information content (AvgIpc) is 2.35. The minimum Gasteiger partial charge on any atom is -0.326 e. The molecule has 1 fully saturated rings. The lowest BCUT2D eigenvalue weighted by atomic mass is 9.98. The molecule has 0 bridgehead atoms. The summed E-state index contributed by atoms with van der Waals surface area (Å²) in [5, 5.41) is 2.99. The van der Waals surface area contributed by atoms with Crippen molar-refractivity contribution < 1.29 is 4.79 Å². The van der Waals surface area contributed by atoms with Crippen molar-refractivity contribution >= 4 is 39.3 Å². The van der Waals surface area contributed by atoms with Gasteiger partial charge in [-0.1, -0.05) is 15.9 Å². The van der Waals surface area contributed by atoms with Gasteiger partial charge in [-0.2, -0.15) is 11.8 Å². The van der Waals surface area contributed by atoms with Crippen molar-refractivity contribution in [3.63, 3.8) is 0 Å². The van der Waals surface area contributed by atoms with Crippen LogP contribution in [0.25, 0.3) is 0 Å². The number of hydrogen-bond donors (Lipinski definition) is 1. The van der Waals surface area contributed by atoms with E-state index in [4.69, 9.17) is 0 Å². The molecule has 1 aliphatic heterocycles. The van der Waals surface area contributed by atoms with Gasteiger partial charge in [0.1, 0.15) is 0 Å². The second kappa shape index (κ2) is 6.62.